The van der Waals surface area contributed by atoms with Crippen molar-refractivity contribution in [2.75, 3.05) is 6.61 Å². The Morgan fingerprint density at radius 3 is 2.10 bits per heavy atom. The summed E-state index contributed by atoms with van der Waals surface area (Å²) in [6.07, 6.45) is 6.46. The van der Waals surface area contributed by atoms with Crippen molar-refractivity contribution in [3.8, 4) is 0 Å². The first-order valence-electron chi connectivity index (χ1n) is 10.2. The Bertz CT molecular complexity index is 874. The van der Waals surface area contributed by atoms with Gasteiger partial charge in [0.05, 0.1) is 16.4 Å². The van der Waals surface area contributed by atoms with E-state index in [0.717, 1.165) is 24.8 Å². The van der Waals surface area contributed by atoms with Crippen LogP contribution >= 0.6 is 0 Å². The molecule has 3 N–H and O–H groups in total. The number of rotatable bonds is 6. The normalized spacial score (nSPS) is 31.3. The molecule has 1 aromatic carbocycles. The highest BCUT2D eigenvalue weighted by Crippen LogP contribution is 2.60. The molecule has 4 aliphatic rings. The Hall–Kier alpha value is -1.93. The lowest BCUT2D eigenvalue weighted by Crippen LogP contribution is -2.51. The van der Waals surface area contributed by atoms with Crippen LogP contribution in [0.2, 0.25) is 0 Å². The number of sulfonamides is 1. The van der Waals surface area contributed by atoms with Crippen LogP contribution < -0.4 is 10.5 Å². The molecule has 0 spiro atoms. The third-order valence-corrected chi connectivity index (χ3v) is 7.82. The molecule has 158 valence electrons. The van der Waals surface area contributed by atoms with Crippen LogP contribution in [-0.4, -0.2) is 26.9 Å². The molecular formula is C21H28N2O5S. The number of esters is 1. The maximum absolute atomic E-state index is 12.8. The van der Waals surface area contributed by atoms with E-state index in [1.165, 1.54) is 31.4 Å². The molecule has 0 unspecified atom stereocenters. The molecule has 0 aromatic heterocycles. The zero-order valence-corrected chi connectivity index (χ0v) is 17.4. The molecule has 1 amide bonds. The van der Waals surface area contributed by atoms with E-state index in [-0.39, 0.29) is 34.8 Å². The number of benzene rings is 1. The molecule has 7 nitrogen and oxygen atoms in total. The van der Waals surface area contributed by atoms with Crippen molar-refractivity contribution in [2.24, 2.45) is 28.3 Å². The summed E-state index contributed by atoms with van der Waals surface area (Å²) in [6.45, 7) is 1.49. The minimum atomic E-state index is -3.75. The average Bonchev–Trinajstić information content (AvgIpc) is 2.64. The first-order chi connectivity index (χ1) is 13.6. The number of hydrogen-bond donors (Lipinski definition) is 2. The van der Waals surface area contributed by atoms with E-state index in [2.05, 4.69) is 5.32 Å². The Morgan fingerprint density at radius 1 is 1.10 bits per heavy atom. The largest absolute Gasteiger partial charge is 0.455 e. The first kappa shape index (κ1) is 20.3. The van der Waals surface area contributed by atoms with Gasteiger partial charge in [-0.2, -0.15) is 0 Å². The molecular weight excluding hydrogens is 392 g/mol. The molecule has 4 aliphatic carbocycles. The standard InChI is InChI=1S/C21H28N2O5S/c1-13(17-2-4-18(5-3-17)29(22,26)27)23-19(24)12-28-20(25)21-9-14-6-15(10-21)8-16(7-14)11-21/h2-5,13-16H,6-12H2,1H3,(H,23,24)(H2,22,26,27)/t13-,14?,15?,16?,21?/m1/s1. The molecule has 0 radical (unpaired) electrons. The summed E-state index contributed by atoms with van der Waals surface area (Å²) in [5, 5.41) is 7.88. The van der Waals surface area contributed by atoms with E-state index in [4.69, 9.17) is 9.88 Å². The fraction of sp³-hybridized carbons (Fsp3) is 0.619. The lowest BCUT2D eigenvalue weighted by Gasteiger charge is -2.55. The van der Waals surface area contributed by atoms with Crippen molar-refractivity contribution >= 4 is 21.9 Å². The van der Waals surface area contributed by atoms with Crippen LogP contribution in [0.5, 0.6) is 0 Å². The summed E-state index contributed by atoms with van der Waals surface area (Å²) in [6, 6.07) is 5.66. The molecule has 8 heteroatoms. The number of primary sulfonamides is 1. The second-order valence-corrected chi connectivity index (χ2v) is 10.7. The van der Waals surface area contributed by atoms with E-state index in [1.54, 1.807) is 19.1 Å². The van der Waals surface area contributed by atoms with Crippen LogP contribution in [0.1, 0.15) is 57.1 Å². The molecule has 0 saturated heterocycles. The Balaban J connectivity index is 1.30. The van der Waals surface area contributed by atoms with Gasteiger partial charge in [-0.25, -0.2) is 13.6 Å². The van der Waals surface area contributed by atoms with E-state index in [0.29, 0.717) is 17.8 Å². The van der Waals surface area contributed by atoms with Gasteiger partial charge in [-0.15, -0.1) is 0 Å². The van der Waals surface area contributed by atoms with Crippen LogP contribution in [0.25, 0.3) is 0 Å². The number of carbonyl (C=O) groups excluding carboxylic acids is 2. The van der Waals surface area contributed by atoms with Gasteiger partial charge in [0.2, 0.25) is 10.0 Å². The van der Waals surface area contributed by atoms with Gasteiger partial charge in [0, 0.05) is 0 Å². The van der Waals surface area contributed by atoms with Gasteiger partial charge in [-0.05, 0) is 80.9 Å². The Morgan fingerprint density at radius 2 is 1.62 bits per heavy atom. The zero-order valence-electron chi connectivity index (χ0n) is 16.6. The van der Waals surface area contributed by atoms with E-state index in [9.17, 15) is 18.0 Å². The minimum absolute atomic E-state index is 0.0179. The Labute approximate surface area is 171 Å². The second kappa shape index (κ2) is 7.40. The fourth-order valence-corrected chi connectivity index (χ4v) is 6.47. The van der Waals surface area contributed by atoms with Gasteiger partial charge in [-0.1, -0.05) is 12.1 Å². The maximum Gasteiger partial charge on any atom is 0.312 e. The average molecular weight is 421 g/mol. The summed E-state index contributed by atoms with van der Waals surface area (Å²) >= 11 is 0. The fourth-order valence-electron chi connectivity index (χ4n) is 5.96. The SMILES string of the molecule is C[C@@H](NC(=O)COC(=O)C12CC3CC(CC(C3)C1)C2)c1ccc(S(N)(=O)=O)cc1. The molecule has 0 heterocycles. The van der Waals surface area contributed by atoms with Gasteiger partial charge >= 0.3 is 5.97 Å². The van der Waals surface area contributed by atoms with E-state index in [1.807, 2.05) is 0 Å². The first-order valence-corrected chi connectivity index (χ1v) is 11.8. The van der Waals surface area contributed by atoms with Gasteiger partial charge < -0.3 is 10.1 Å². The number of ether oxygens (including phenoxy) is 1. The molecule has 1 atom stereocenters. The molecule has 4 saturated carbocycles. The van der Waals surface area contributed by atoms with E-state index >= 15 is 0 Å². The Kier molecular flexibility index (Phi) is 5.19. The van der Waals surface area contributed by atoms with Crippen LogP contribution in [0.15, 0.2) is 29.2 Å². The third kappa shape index (κ3) is 4.19. The number of nitrogens with two attached hydrogens (primary N) is 1. The predicted octanol–water partition coefficient (Wildman–Crippen LogP) is 2.27. The van der Waals surface area contributed by atoms with E-state index < -0.39 is 10.0 Å². The predicted molar refractivity (Wildman–Crippen MR) is 106 cm³/mol. The molecule has 29 heavy (non-hydrogen) atoms. The summed E-state index contributed by atoms with van der Waals surface area (Å²) in [5.74, 6) is 1.34. The third-order valence-electron chi connectivity index (χ3n) is 6.89. The molecule has 1 aromatic rings. The smallest absolute Gasteiger partial charge is 0.312 e. The molecule has 0 aliphatic heterocycles. The lowest BCUT2D eigenvalue weighted by molar-refractivity contribution is -0.173. The van der Waals surface area contributed by atoms with Crippen molar-refractivity contribution in [1.82, 2.24) is 5.32 Å². The number of hydrogen-bond acceptors (Lipinski definition) is 5. The maximum atomic E-state index is 12.8. The summed E-state index contributed by atoms with van der Waals surface area (Å²) in [7, 11) is -3.75. The highest BCUT2D eigenvalue weighted by molar-refractivity contribution is 7.89. The summed E-state index contributed by atoms with van der Waals surface area (Å²) < 4.78 is 28.1. The van der Waals surface area contributed by atoms with Crippen molar-refractivity contribution < 1.29 is 22.7 Å². The van der Waals surface area contributed by atoms with Crippen molar-refractivity contribution in [1.29, 1.82) is 0 Å². The molecule has 5 rings (SSSR count). The second-order valence-electron chi connectivity index (χ2n) is 9.18. The van der Waals surface area contributed by atoms with Crippen molar-refractivity contribution in [2.45, 2.75) is 56.4 Å². The van der Waals surface area contributed by atoms with Crippen molar-refractivity contribution in [3.05, 3.63) is 29.8 Å². The van der Waals surface area contributed by atoms with Crippen LogP contribution in [-0.2, 0) is 24.3 Å². The number of amides is 1. The minimum Gasteiger partial charge on any atom is -0.455 e. The number of carbonyl (C=O) groups is 2. The monoisotopic (exact) mass is 420 g/mol. The van der Waals surface area contributed by atoms with Gasteiger partial charge in [0.25, 0.3) is 5.91 Å². The number of nitrogens with one attached hydrogen (secondary N) is 1. The van der Waals surface area contributed by atoms with Crippen LogP contribution in [0.4, 0.5) is 0 Å². The van der Waals surface area contributed by atoms with Gasteiger partial charge in [0.1, 0.15) is 0 Å². The molecule has 4 fully saturated rings. The van der Waals surface area contributed by atoms with Crippen molar-refractivity contribution in [3.63, 3.8) is 0 Å². The van der Waals surface area contributed by atoms with Crippen LogP contribution in [0, 0.1) is 23.2 Å². The molecule has 4 bridgehead atoms. The van der Waals surface area contributed by atoms with Crippen LogP contribution in [0.3, 0.4) is 0 Å². The highest BCUT2D eigenvalue weighted by Gasteiger charge is 2.55. The summed E-state index contributed by atoms with van der Waals surface area (Å²) in [4.78, 5) is 25.1. The summed E-state index contributed by atoms with van der Waals surface area (Å²) in [5.41, 5.74) is 0.364. The van der Waals surface area contributed by atoms with Gasteiger partial charge in [-0.3, -0.25) is 9.59 Å². The zero-order chi connectivity index (χ0) is 20.8. The topological polar surface area (TPSA) is 116 Å². The quantitative estimate of drug-likeness (QED) is 0.685. The lowest BCUT2D eigenvalue weighted by atomic mass is 9.49. The highest BCUT2D eigenvalue weighted by atomic mass is 32.2. The van der Waals surface area contributed by atoms with Gasteiger partial charge in [0.15, 0.2) is 6.61 Å².